The molecular weight excluding hydrogens is 405 g/mol. The molecule has 1 atom stereocenters. The second kappa shape index (κ2) is 6.54. The predicted octanol–water partition coefficient (Wildman–Crippen LogP) is 4.02. The van der Waals surface area contributed by atoms with Gasteiger partial charge in [-0.2, -0.15) is 0 Å². The first kappa shape index (κ1) is 15.7. The lowest BCUT2D eigenvalue weighted by Gasteiger charge is -2.33. The highest BCUT2D eigenvalue weighted by Crippen LogP contribution is 2.33. The van der Waals surface area contributed by atoms with Crippen molar-refractivity contribution in [2.24, 2.45) is 0 Å². The van der Waals surface area contributed by atoms with E-state index in [1.54, 1.807) is 36.5 Å². The lowest BCUT2D eigenvalue weighted by atomic mass is 9.96. The average molecular weight is 419 g/mol. The molecule has 0 saturated carbocycles. The number of aromatic carboxylic acids is 1. The van der Waals surface area contributed by atoms with E-state index in [2.05, 4.69) is 22.6 Å². The summed E-state index contributed by atoms with van der Waals surface area (Å²) < 4.78 is 1.14. The number of halogens is 1. The molecule has 0 aromatic heterocycles. The molecule has 2 aromatic rings. The third-order valence-electron chi connectivity index (χ3n) is 3.82. The van der Waals surface area contributed by atoms with Crippen LogP contribution in [-0.2, 0) is 4.79 Å². The zero-order chi connectivity index (χ0) is 16.4. The van der Waals surface area contributed by atoms with E-state index in [0.29, 0.717) is 6.42 Å². The number of carbonyl (C=O) groups excluding carboxylic acids is 1. The van der Waals surface area contributed by atoms with Crippen LogP contribution in [0.3, 0.4) is 0 Å². The van der Waals surface area contributed by atoms with Crippen molar-refractivity contribution in [3.63, 3.8) is 0 Å². The molecule has 1 unspecified atom stereocenters. The smallest absolute Gasteiger partial charge is 0.335 e. The van der Waals surface area contributed by atoms with Crippen LogP contribution in [0.2, 0.25) is 0 Å². The van der Waals surface area contributed by atoms with Crippen LogP contribution in [-0.4, -0.2) is 16.9 Å². The Labute approximate surface area is 147 Å². The van der Waals surface area contributed by atoms with Crippen molar-refractivity contribution in [1.82, 2.24) is 0 Å². The molecule has 116 valence electrons. The molecule has 3 rings (SSSR count). The number of allylic oxidation sites excluding steroid dienone is 1. The highest BCUT2D eigenvalue weighted by atomic mass is 127. The largest absolute Gasteiger partial charge is 0.478 e. The quantitative estimate of drug-likeness (QED) is 0.764. The number of benzene rings is 2. The minimum atomic E-state index is -0.953. The Morgan fingerprint density at radius 3 is 2.35 bits per heavy atom. The fourth-order valence-electron chi connectivity index (χ4n) is 2.63. The Hall–Kier alpha value is -2.15. The molecule has 1 heterocycles. The van der Waals surface area contributed by atoms with Gasteiger partial charge in [0.2, 0.25) is 0 Å². The van der Waals surface area contributed by atoms with E-state index in [1.165, 1.54) is 0 Å². The number of carbonyl (C=O) groups is 2. The Kier molecular flexibility index (Phi) is 4.47. The Morgan fingerprint density at radius 2 is 1.74 bits per heavy atom. The SMILES string of the molecule is O=C1C=CN(c2ccc(I)cc2)C(c2ccc(C(=O)O)cc2)C1. The van der Waals surface area contributed by atoms with Crippen LogP contribution in [0.4, 0.5) is 5.69 Å². The van der Waals surface area contributed by atoms with Crippen LogP contribution in [0.25, 0.3) is 0 Å². The summed E-state index contributed by atoms with van der Waals surface area (Å²) in [5.41, 5.74) is 2.17. The maximum absolute atomic E-state index is 11.8. The van der Waals surface area contributed by atoms with Crippen molar-refractivity contribution < 1.29 is 14.7 Å². The molecule has 5 heteroatoms. The lowest BCUT2D eigenvalue weighted by molar-refractivity contribution is -0.115. The first-order valence-electron chi connectivity index (χ1n) is 7.13. The molecule has 2 aromatic carbocycles. The molecule has 4 nitrogen and oxygen atoms in total. The fraction of sp³-hybridized carbons (Fsp3) is 0.111. The average Bonchev–Trinajstić information content (AvgIpc) is 2.56. The van der Waals surface area contributed by atoms with E-state index >= 15 is 0 Å². The Bertz CT molecular complexity index is 766. The van der Waals surface area contributed by atoms with Gasteiger partial charge in [-0.25, -0.2) is 4.79 Å². The van der Waals surface area contributed by atoms with E-state index in [4.69, 9.17) is 5.11 Å². The van der Waals surface area contributed by atoms with Gasteiger partial charge in [0.05, 0.1) is 11.6 Å². The molecule has 0 amide bonds. The zero-order valence-corrected chi connectivity index (χ0v) is 14.3. The van der Waals surface area contributed by atoms with Crippen LogP contribution in [0.1, 0.15) is 28.4 Å². The maximum atomic E-state index is 11.8. The highest BCUT2D eigenvalue weighted by Gasteiger charge is 2.25. The molecule has 0 radical (unpaired) electrons. The van der Waals surface area contributed by atoms with Gasteiger partial charge in [0.1, 0.15) is 0 Å². The summed E-state index contributed by atoms with van der Waals surface area (Å²) in [5.74, 6) is -0.885. The van der Waals surface area contributed by atoms with Crippen LogP contribution in [0.5, 0.6) is 0 Å². The van der Waals surface area contributed by atoms with E-state index in [1.807, 2.05) is 29.2 Å². The number of hydrogen-bond acceptors (Lipinski definition) is 3. The molecule has 0 fully saturated rings. The minimum Gasteiger partial charge on any atom is -0.478 e. The van der Waals surface area contributed by atoms with Crippen LogP contribution in [0, 0.1) is 3.57 Å². The van der Waals surface area contributed by atoms with Gasteiger partial charge in [0.25, 0.3) is 0 Å². The number of carboxylic acid groups (broad SMARTS) is 1. The fourth-order valence-corrected chi connectivity index (χ4v) is 2.99. The zero-order valence-electron chi connectivity index (χ0n) is 12.1. The predicted molar refractivity (Wildman–Crippen MR) is 96.5 cm³/mol. The highest BCUT2D eigenvalue weighted by molar-refractivity contribution is 14.1. The number of nitrogens with zero attached hydrogens (tertiary/aromatic N) is 1. The van der Waals surface area contributed by atoms with Crippen molar-refractivity contribution in [1.29, 1.82) is 0 Å². The van der Waals surface area contributed by atoms with Crippen molar-refractivity contribution >= 4 is 40.0 Å². The van der Waals surface area contributed by atoms with E-state index in [9.17, 15) is 9.59 Å². The first-order chi connectivity index (χ1) is 11.0. The van der Waals surface area contributed by atoms with Gasteiger partial charge in [-0.1, -0.05) is 12.1 Å². The summed E-state index contributed by atoms with van der Waals surface area (Å²) in [7, 11) is 0. The van der Waals surface area contributed by atoms with Crippen LogP contribution < -0.4 is 4.90 Å². The number of carboxylic acids is 1. The normalized spacial score (nSPS) is 17.3. The second-order valence-corrected chi connectivity index (χ2v) is 6.56. The van der Waals surface area contributed by atoms with Crippen molar-refractivity contribution in [3.05, 3.63) is 75.5 Å². The van der Waals surface area contributed by atoms with Gasteiger partial charge in [0.15, 0.2) is 5.78 Å². The molecular formula is C18H14INO3. The molecule has 1 N–H and O–H groups in total. The van der Waals surface area contributed by atoms with Crippen LogP contribution >= 0.6 is 22.6 Å². The number of hydrogen-bond donors (Lipinski definition) is 1. The molecule has 0 saturated heterocycles. The van der Waals surface area contributed by atoms with Gasteiger partial charge in [-0.3, -0.25) is 4.79 Å². The van der Waals surface area contributed by atoms with Gasteiger partial charge in [0, 0.05) is 21.9 Å². The Morgan fingerprint density at radius 1 is 1.09 bits per heavy atom. The van der Waals surface area contributed by atoms with Gasteiger partial charge < -0.3 is 10.0 Å². The molecule has 1 aliphatic rings. The Balaban J connectivity index is 1.96. The van der Waals surface area contributed by atoms with E-state index in [-0.39, 0.29) is 17.4 Å². The minimum absolute atomic E-state index is 0.0686. The number of rotatable bonds is 3. The topological polar surface area (TPSA) is 57.6 Å². The standard InChI is InChI=1S/C18H14INO3/c19-14-5-7-15(8-6-14)20-10-9-16(21)11-17(20)12-1-3-13(4-2-12)18(22)23/h1-10,17H,11H2,(H,22,23). The molecule has 0 bridgehead atoms. The molecule has 0 aliphatic carbocycles. The van der Waals surface area contributed by atoms with Crippen molar-refractivity contribution in [2.45, 2.75) is 12.5 Å². The second-order valence-electron chi connectivity index (χ2n) is 5.31. The number of anilines is 1. The third-order valence-corrected chi connectivity index (χ3v) is 4.54. The van der Waals surface area contributed by atoms with Crippen molar-refractivity contribution in [3.8, 4) is 0 Å². The number of ketones is 1. The third kappa shape index (κ3) is 3.44. The van der Waals surface area contributed by atoms with Gasteiger partial charge >= 0.3 is 5.97 Å². The van der Waals surface area contributed by atoms with Crippen molar-refractivity contribution in [2.75, 3.05) is 4.90 Å². The van der Waals surface area contributed by atoms with E-state index < -0.39 is 5.97 Å². The maximum Gasteiger partial charge on any atom is 0.335 e. The summed E-state index contributed by atoms with van der Waals surface area (Å²) in [6, 6.07) is 14.6. The monoisotopic (exact) mass is 419 g/mol. The lowest BCUT2D eigenvalue weighted by Crippen LogP contribution is -2.29. The molecule has 23 heavy (non-hydrogen) atoms. The summed E-state index contributed by atoms with van der Waals surface area (Å²) >= 11 is 2.25. The van der Waals surface area contributed by atoms with Gasteiger partial charge in [-0.05, 0) is 70.6 Å². The molecule has 1 aliphatic heterocycles. The summed E-state index contributed by atoms with van der Waals surface area (Å²) in [4.78, 5) is 24.9. The summed E-state index contributed by atoms with van der Waals surface area (Å²) in [6.07, 6.45) is 3.75. The summed E-state index contributed by atoms with van der Waals surface area (Å²) in [5, 5.41) is 9.01. The summed E-state index contributed by atoms with van der Waals surface area (Å²) in [6.45, 7) is 0. The van der Waals surface area contributed by atoms with E-state index in [0.717, 1.165) is 14.8 Å². The van der Waals surface area contributed by atoms with Crippen LogP contribution in [0.15, 0.2) is 60.8 Å². The molecule has 0 spiro atoms. The van der Waals surface area contributed by atoms with Gasteiger partial charge in [-0.15, -0.1) is 0 Å². The first-order valence-corrected chi connectivity index (χ1v) is 8.20.